The summed E-state index contributed by atoms with van der Waals surface area (Å²) in [4.78, 5) is 16.1. The van der Waals surface area contributed by atoms with Crippen molar-refractivity contribution >= 4 is 18.2 Å². The highest BCUT2D eigenvalue weighted by Crippen LogP contribution is 2.30. The predicted molar refractivity (Wildman–Crippen MR) is 67.2 cm³/mol. The number of hydrogen-bond acceptors (Lipinski definition) is 2. The molecule has 1 aromatic heterocycles. The van der Waals surface area contributed by atoms with Crippen LogP contribution in [0.2, 0.25) is 0 Å². The fourth-order valence-corrected chi connectivity index (χ4v) is 2.02. The lowest BCUT2D eigenvalue weighted by molar-refractivity contribution is -0.137. The number of nitrogens with one attached hydrogen (secondary N) is 2. The molecule has 0 aliphatic heterocycles. The minimum atomic E-state index is -4.43. The molecule has 0 unspecified atom stereocenters. The molecule has 0 aliphatic carbocycles. The van der Waals surface area contributed by atoms with Crippen molar-refractivity contribution in [3.63, 3.8) is 0 Å². The molecule has 106 valence electrons. The second-order valence-electron chi connectivity index (χ2n) is 4.11. The summed E-state index contributed by atoms with van der Waals surface area (Å²) >= 11 is 4.79. The standard InChI is InChI=1S/C12H9F3N2O2S/c13-12(14,15)7-3-1-2-6(4-7)5-8-9(10(18)19)17-11(20)16-8/h1-4H,5H2,(H,18,19)(H2,16,17,20). The van der Waals surface area contributed by atoms with Gasteiger partial charge in [0.15, 0.2) is 4.77 Å². The highest BCUT2D eigenvalue weighted by atomic mass is 32.1. The van der Waals surface area contributed by atoms with Gasteiger partial charge in [0, 0.05) is 6.42 Å². The van der Waals surface area contributed by atoms with Crippen LogP contribution in [0.1, 0.15) is 27.3 Å². The van der Waals surface area contributed by atoms with Crippen LogP contribution in [0.5, 0.6) is 0 Å². The average Bonchev–Trinajstić information content (AvgIpc) is 2.69. The Kier molecular flexibility index (Phi) is 3.67. The molecule has 4 nitrogen and oxygen atoms in total. The lowest BCUT2D eigenvalue weighted by atomic mass is 10.1. The molecule has 8 heteroatoms. The van der Waals surface area contributed by atoms with Crippen molar-refractivity contribution in [2.24, 2.45) is 0 Å². The molecule has 3 N–H and O–H groups in total. The van der Waals surface area contributed by atoms with Crippen LogP contribution in [-0.4, -0.2) is 21.0 Å². The second kappa shape index (κ2) is 5.12. The maximum absolute atomic E-state index is 12.6. The quantitative estimate of drug-likeness (QED) is 0.761. The van der Waals surface area contributed by atoms with Crippen molar-refractivity contribution in [2.75, 3.05) is 0 Å². The molecule has 20 heavy (non-hydrogen) atoms. The fraction of sp³-hybridized carbons (Fsp3) is 0.167. The van der Waals surface area contributed by atoms with Crippen LogP contribution in [0.3, 0.4) is 0 Å². The van der Waals surface area contributed by atoms with Gasteiger partial charge in [0.1, 0.15) is 5.69 Å². The molecule has 0 saturated heterocycles. The van der Waals surface area contributed by atoms with Gasteiger partial charge in [-0.3, -0.25) is 0 Å². The molecule has 1 heterocycles. The number of carbonyl (C=O) groups is 1. The Bertz CT molecular complexity index is 703. The molecule has 2 aromatic rings. The number of imidazole rings is 1. The number of carboxylic acids is 1. The van der Waals surface area contributed by atoms with E-state index in [1.165, 1.54) is 12.1 Å². The molecule has 2 rings (SSSR count). The van der Waals surface area contributed by atoms with E-state index in [1.54, 1.807) is 0 Å². The summed E-state index contributed by atoms with van der Waals surface area (Å²) in [7, 11) is 0. The number of aromatic carboxylic acids is 1. The number of aromatic nitrogens is 2. The first-order valence-corrected chi connectivity index (χ1v) is 5.89. The second-order valence-corrected chi connectivity index (χ2v) is 4.52. The molecule has 0 radical (unpaired) electrons. The largest absolute Gasteiger partial charge is 0.477 e. The molecule has 0 fully saturated rings. The first kappa shape index (κ1) is 14.3. The van der Waals surface area contributed by atoms with E-state index < -0.39 is 17.7 Å². The number of aromatic amines is 2. The topological polar surface area (TPSA) is 68.9 Å². The third-order valence-electron chi connectivity index (χ3n) is 2.65. The fourth-order valence-electron chi connectivity index (χ4n) is 1.80. The molecule has 1 aromatic carbocycles. The summed E-state index contributed by atoms with van der Waals surface area (Å²) in [5.41, 5.74) is -0.345. The highest BCUT2D eigenvalue weighted by molar-refractivity contribution is 7.71. The maximum atomic E-state index is 12.6. The van der Waals surface area contributed by atoms with E-state index >= 15 is 0 Å². The summed E-state index contributed by atoms with van der Waals surface area (Å²) in [6.45, 7) is 0. The van der Waals surface area contributed by atoms with Crippen molar-refractivity contribution in [1.29, 1.82) is 0 Å². The Hall–Kier alpha value is -2.09. The number of halogens is 3. The van der Waals surface area contributed by atoms with Crippen molar-refractivity contribution < 1.29 is 23.1 Å². The Labute approximate surface area is 116 Å². The summed E-state index contributed by atoms with van der Waals surface area (Å²) < 4.78 is 37.9. The molecule has 0 atom stereocenters. The maximum Gasteiger partial charge on any atom is 0.416 e. The van der Waals surface area contributed by atoms with Crippen molar-refractivity contribution in [1.82, 2.24) is 9.97 Å². The predicted octanol–water partition coefficient (Wildman–Crippen LogP) is 3.38. The van der Waals surface area contributed by atoms with E-state index in [0.29, 0.717) is 5.56 Å². The average molecular weight is 302 g/mol. The van der Waals surface area contributed by atoms with Crippen LogP contribution < -0.4 is 0 Å². The normalized spacial score (nSPS) is 11.6. The molecular formula is C12H9F3N2O2S. The lowest BCUT2D eigenvalue weighted by Crippen LogP contribution is -2.06. The zero-order chi connectivity index (χ0) is 14.9. The Balaban J connectivity index is 2.36. The van der Waals surface area contributed by atoms with Gasteiger partial charge >= 0.3 is 12.1 Å². The summed E-state index contributed by atoms with van der Waals surface area (Å²) in [6, 6.07) is 4.71. The monoisotopic (exact) mass is 302 g/mol. The van der Waals surface area contributed by atoms with E-state index in [1.807, 2.05) is 0 Å². The van der Waals surface area contributed by atoms with Crippen LogP contribution in [0.4, 0.5) is 13.2 Å². The Morgan fingerprint density at radius 2 is 2.00 bits per heavy atom. The van der Waals surface area contributed by atoms with Crippen molar-refractivity contribution in [3.05, 3.63) is 51.6 Å². The van der Waals surface area contributed by atoms with Gasteiger partial charge in [-0.25, -0.2) is 4.79 Å². The minimum absolute atomic E-state index is 0.0126. The van der Waals surface area contributed by atoms with E-state index in [2.05, 4.69) is 9.97 Å². The van der Waals surface area contributed by atoms with Gasteiger partial charge in [-0.2, -0.15) is 13.2 Å². The van der Waals surface area contributed by atoms with Gasteiger partial charge in [-0.15, -0.1) is 0 Å². The van der Waals surface area contributed by atoms with E-state index in [4.69, 9.17) is 17.3 Å². The van der Waals surface area contributed by atoms with E-state index in [-0.39, 0.29) is 22.6 Å². The summed E-state index contributed by atoms with van der Waals surface area (Å²) in [6.07, 6.45) is -4.42. The molecule has 0 saturated carbocycles. The summed E-state index contributed by atoms with van der Waals surface area (Å²) in [5, 5.41) is 8.96. The molecular weight excluding hydrogens is 293 g/mol. The van der Waals surface area contributed by atoms with Crippen molar-refractivity contribution in [2.45, 2.75) is 12.6 Å². The van der Waals surface area contributed by atoms with E-state index in [0.717, 1.165) is 12.1 Å². The molecule has 0 bridgehead atoms. The van der Waals surface area contributed by atoms with Crippen molar-refractivity contribution in [3.8, 4) is 0 Å². The van der Waals surface area contributed by atoms with Gasteiger partial charge < -0.3 is 15.1 Å². The number of carboxylic acid groups (broad SMARTS) is 1. The van der Waals surface area contributed by atoms with Gasteiger partial charge in [-0.1, -0.05) is 18.2 Å². The number of hydrogen-bond donors (Lipinski definition) is 3. The van der Waals surface area contributed by atoms with Gasteiger partial charge in [-0.05, 0) is 23.8 Å². The SMILES string of the molecule is O=C(O)c1[nH]c(=S)[nH]c1Cc1cccc(C(F)(F)F)c1. The first-order valence-electron chi connectivity index (χ1n) is 5.48. The Morgan fingerprint density at radius 3 is 2.60 bits per heavy atom. The van der Waals surface area contributed by atoms with Gasteiger partial charge in [0.05, 0.1) is 11.3 Å². The minimum Gasteiger partial charge on any atom is -0.477 e. The van der Waals surface area contributed by atoms with Crippen LogP contribution in [-0.2, 0) is 12.6 Å². The number of rotatable bonds is 3. The van der Waals surface area contributed by atoms with Crippen LogP contribution >= 0.6 is 12.2 Å². The zero-order valence-corrected chi connectivity index (χ0v) is 10.7. The third-order valence-corrected chi connectivity index (χ3v) is 2.86. The van der Waals surface area contributed by atoms with Crippen LogP contribution in [0.15, 0.2) is 24.3 Å². The number of benzene rings is 1. The van der Waals surface area contributed by atoms with Gasteiger partial charge in [0.25, 0.3) is 0 Å². The van der Waals surface area contributed by atoms with Gasteiger partial charge in [0.2, 0.25) is 0 Å². The molecule has 0 amide bonds. The number of H-pyrrole nitrogens is 2. The molecule has 0 spiro atoms. The number of alkyl halides is 3. The third kappa shape index (κ3) is 3.08. The van der Waals surface area contributed by atoms with Crippen LogP contribution in [0, 0.1) is 4.77 Å². The highest BCUT2D eigenvalue weighted by Gasteiger charge is 2.30. The lowest BCUT2D eigenvalue weighted by Gasteiger charge is -2.08. The van der Waals surface area contributed by atoms with E-state index in [9.17, 15) is 18.0 Å². The Morgan fingerprint density at radius 1 is 1.30 bits per heavy atom. The summed E-state index contributed by atoms with van der Waals surface area (Å²) in [5.74, 6) is -1.22. The molecule has 0 aliphatic rings. The first-order chi connectivity index (χ1) is 9.27. The zero-order valence-electron chi connectivity index (χ0n) is 9.91. The van der Waals surface area contributed by atoms with Crippen LogP contribution in [0.25, 0.3) is 0 Å². The smallest absolute Gasteiger partial charge is 0.416 e.